The average molecular weight is 315 g/mol. The first-order valence-electron chi connectivity index (χ1n) is 5.33. The minimum absolute atomic E-state index is 0.232. The van der Waals surface area contributed by atoms with Crippen molar-refractivity contribution in [3.8, 4) is 0 Å². The van der Waals surface area contributed by atoms with Crippen molar-refractivity contribution in [3.63, 3.8) is 0 Å². The summed E-state index contributed by atoms with van der Waals surface area (Å²) in [7, 11) is 1.41. The number of rotatable bonds is 5. The maximum absolute atomic E-state index is 11.3. The lowest BCUT2D eigenvalue weighted by Crippen LogP contribution is -2.04. The number of hydrogen-bond acceptors (Lipinski definition) is 3. The van der Waals surface area contributed by atoms with Gasteiger partial charge in [-0.3, -0.25) is 0 Å². The summed E-state index contributed by atoms with van der Waals surface area (Å²) < 4.78 is 5.77. The van der Waals surface area contributed by atoms with Gasteiger partial charge in [0, 0.05) is 20.7 Å². The van der Waals surface area contributed by atoms with Crippen LogP contribution in [-0.2, 0) is 9.53 Å². The lowest BCUT2D eigenvalue weighted by Gasteiger charge is -2.02. The molecule has 0 atom stereocenters. The van der Waals surface area contributed by atoms with Crippen molar-refractivity contribution < 1.29 is 9.53 Å². The molecule has 0 bridgehead atoms. The third kappa shape index (κ3) is 4.96. The molecule has 0 aliphatic carbocycles. The average Bonchev–Trinajstić information content (AvgIpc) is 2.36. The van der Waals surface area contributed by atoms with E-state index >= 15 is 0 Å². The van der Waals surface area contributed by atoms with Gasteiger partial charge < -0.3 is 4.74 Å². The van der Waals surface area contributed by atoms with Gasteiger partial charge in [0.25, 0.3) is 0 Å². The molecule has 0 aromatic heterocycles. The number of thioether (sulfide) groups is 1. The van der Waals surface area contributed by atoms with E-state index in [1.807, 2.05) is 37.3 Å². The van der Waals surface area contributed by atoms with E-state index in [0.29, 0.717) is 6.42 Å². The smallest absolute Gasteiger partial charge is 0.333 e. The first-order valence-corrected chi connectivity index (χ1v) is 7.11. The predicted octanol–water partition coefficient (Wildman–Crippen LogP) is 4.05. The van der Waals surface area contributed by atoms with Crippen molar-refractivity contribution in [3.05, 3.63) is 40.4 Å². The summed E-state index contributed by atoms with van der Waals surface area (Å²) in [5, 5.41) is 0. The van der Waals surface area contributed by atoms with Gasteiger partial charge in [0.1, 0.15) is 0 Å². The number of carbonyl (C=O) groups is 1. The Morgan fingerprint density at radius 3 is 2.59 bits per heavy atom. The zero-order valence-corrected chi connectivity index (χ0v) is 12.3. The van der Waals surface area contributed by atoms with Gasteiger partial charge in [0.15, 0.2) is 0 Å². The molecule has 0 unspecified atom stereocenters. The highest BCUT2D eigenvalue weighted by molar-refractivity contribution is 9.10. The molecule has 4 heteroatoms. The highest BCUT2D eigenvalue weighted by Gasteiger charge is 2.05. The predicted molar refractivity (Wildman–Crippen MR) is 75.3 cm³/mol. The molecule has 17 heavy (non-hydrogen) atoms. The third-order valence-corrected chi connectivity index (χ3v) is 3.69. The summed E-state index contributed by atoms with van der Waals surface area (Å²) in [4.78, 5) is 12.5. The van der Waals surface area contributed by atoms with Gasteiger partial charge in [-0.25, -0.2) is 4.79 Å². The maximum Gasteiger partial charge on any atom is 0.333 e. The molecule has 0 radical (unpaired) electrons. The van der Waals surface area contributed by atoms with E-state index in [-0.39, 0.29) is 5.97 Å². The van der Waals surface area contributed by atoms with Gasteiger partial charge in [0.2, 0.25) is 0 Å². The van der Waals surface area contributed by atoms with E-state index in [9.17, 15) is 4.79 Å². The SMILES string of the molecule is CCC(=CCSc1ccc(Br)cc1)C(=O)OC. The molecule has 1 aromatic rings. The second-order valence-corrected chi connectivity index (χ2v) is 5.35. The topological polar surface area (TPSA) is 26.3 Å². The number of benzene rings is 1. The fourth-order valence-electron chi connectivity index (χ4n) is 1.27. The van der Waals surface area contributed by atoms with Crippen molar-refractivity contribution in [1.29, 1.82) is 0 Å². The van der Waals surface area contributed by atoms with Crippen LogP contribution >= 0.6 is 27.7 Å². The third-order valence-electron chi connectivity index (χ3n) is 2.22. The highest BCUT2D eigenvalue weighted by atomic mass is 79.9. The lowest BCUT2D eigenvalue weighted by molar-refractivity contribution is -0.136. The van der Waals surface area contributed by atoms with Crippen LogP contribution in [-0.4, -0.2) is 18.8 Å². The van der Waals surface area contributed by atoms with Gasteiger partial charge in [-0.05, 0) is 30.7 Å². The molecule has 0 fully saturated rings. The van der Waals surface area contributed by atoms with Gasteiger partial charge in [-0.2, -0.15) is 0 Å². The Balaban J connectivity index is 2.53. The Morgan fingerprint density at radius 2 is 2.06 bits per heavy atom. The largest absolute Gasteiger partial charge is 0.466 e. The maximum atomic E-state index is 11.3. The Bertz CT molecular complexity index is 398. The number of esters is 1. The van der Waals surface area contributed by atoms with E-state index in [0.717, 1.165) is 15.8 Å². The van der Waals surface area contributed by atoms with Crippen LogP contribution in [0.15, 0.2) is 45.3 Å². The van der Waals surface area contributed by atoms with Gasteiger partial charge in [0.05, 0.1) is 7.11 Å². The number of methoxy groups -OCH3 is 1. The fraction of sp³-hybridized carbons (Fsp3) is 0.308. The number of halogens is 1. The molecule has 92 valence electrons. The number of ether oxygens (including phenoxy) is 1. The fourth-order valence-corrected chi connectivity index (χ4v) is 2.34. The highest BCUT2D eigenvalue weighted by Crippen LogP contribution is 2.21. The molecule has 0 saturated carbocycles. The van der Waals surface area contributed by atoms with Crippen LogP contribution < -0.4 is 0 Å². The molecule has 1 aromatic carbocycles. The van der Waals surface area contributed by atoms with Gasteiger partial charge in [-0.1, -0.05) is 28.9 Å². The molecule has 2 nitrogen and oxygen atoms in total. The Kier molecular flexibility index (Phi) is 6.37. The number of carbonyl (C=O) groups excluding carboxylic acids is 1. The monoisotopic (exact) mass is 314 g/mol. The second-order valence-electron chi connectivity index (χ2n) is 3.34. The van der Waals surface area contributed by atoms with Gasteiger partial charge in [-0.15, -0.1) is 11.8 Å². The van der Waals surface area contributed by atoms with Crippen LogP contribution in [0.4, 0.5) is 0 Å². The minimum atomic E-state index is -0.232. The molecule has 0 amide bonds. The van der Waals surface area contributed by atoms with Crippen LogP contribution in [0.2, 0.25) is 0 Å². The molecular formula is C13H15BrO2S. The summed E-state index contributed by atoms with van der Waals surface area (Å²) in [6, 6.07) is 8.11. The van der Waals surface area contributed by atoms with E-state index in [2.05, 4.69) is 15.9 Å². The van der Waals surface area contributed by atoms with Crippen molar-refractivity contribution in [2.75, 3.05) is 12.9 Å². The summed E-state index contributed by atoms with van der Waals surface area (Å²) in [6.45, 7) is 1.95. The first-order chi connectivity index (χ1) is 8.17. The van der Waals surface area contributed by atoms with Crippen LogP contribution in [0.3, 0.4) is 0 Å². The quantitative estimate of drug-likeness (QED) is 0.466. The zero-order valence-electron chi connectivity index (χ0n) is 9.90. The van der Waals surface area contributed by atoms with E-state index < -0.39 is 0 Å². The molecule has 0 heterocycles. The molecule has 0 saturated heterocycles. The van der Waals surface area contributed by atoms with Crippen LogP contribution in [0.5, 0.6) is 0 Å². The molecule has 0 aliphatic rings. The second kappa shape index (κ2) is 7.56. The molecule has 0 N–H and O–H groups in total. The minimum Gasteiger partial charge on any atom is -0.466 e. The molecule has 1 rings (SSSR count). The van der Waals surface area contributed by atoms with Crippen LogP contribution in [0.1, 0.15) is 13.3 Å². The summed E-state index contributed by atoms with van der Waals surface area (Å²) >= 11 is 5.09. The van der Waals surface area contributed by atoms with Crippen molar-refractivity contribution in [2.24, 2.45) is 0 Å². The summed E-state index contributed by atoms with van der Waals surface area (Å²) in [6.07, 6.45) is 2.63. The Labute approximate surface area is 115 Å². The lowest BCUT2D eigenvalue weighted by atomic mass is 10.2. The number of hydrogen-bond donors (Lipinski definition) is 0. The Hall–Kier alpha value is -0.740. The van der Waals surface area contributed by atoms with E-state index in [1.54, 1.807) is 11.8 Å². The van der Waals surface area contributed by atoms with E-state index in [1.165, 1.54) is 12.0 Å². The normalized spacial score (nSPS) is 11.4. The first kappa shape index (κ1) is 14.3. The van der Waals surface area contributed by atoms with Crippen LogP contribution in [0, 0.1) is 0 Å². The standard InChI is InChI=1S/C13H15BrO2S/c1-3-10(13(15)16-2)8-9-17-12-6-4-11(14)5-7-12/h4-8H,3,9H2,1-2H3. The Morgan fingerprint density at radius 1 is 1.41 bits per heavy atom. The summed E-state index contributed by atoms with van der Waals surface area (Å²) in [5.74, 6) is 0.545. The molecule has 0 aliphatic heterocycles. The zero-order chi connectivity index (χ0) is 12.7. The van der Waals surface area contributed by atoms with Gasteiger partial charge >= 0.3 is 5.97 Å². The summed E-state index contributed by atoms with van der Waals surface area (Å²) in [5.41, 5.74) is 0.733. The van der Waals surface area contributed by atoms with Crippen molar-refractivity contribution in [1.82, 2.24) is 0 Å². The molecule has 0 spiro atoms. The van der Waals surface area contributed by atoms with E-state index in [4.69, 9.17) is 4.74 Å². The molecular weight excluding hydrogens is 300 g/mol. The van der Waals surface area contributed by atoms with Crippen molar-refractivity contribution >= 4 is 33.7 Å². The van der Waals surface area contributed by atoms with Crippen LogP contribution in [0.25, 0.3) is 0 Å². The van der Waals surface area contributed by atoms with Crippen molar-refractivity contribution in [2.45, 2.75) is 18.2 Å².